The maximum atomic E-state index is 12.8. The molecule has 8 heteroatoms. The van der Waals surface area contributed by atoms with Gasteiger partial charge in [0.2, 0.25) is 6.10 Å². The second-order valence-electron chi connectivity index (χ2n) is 17.1. The van der Waals surface area contributed by atoms with Gasteiger partial charge in [-0.1, -0.05) is 41.5 Å². The Kier molecular flexibility index (Phi) is 9.07. The van der Waals surface area contributed by atoms with E-state index in [1.165, 1.54) is 0 Å². The minimum Gasteiger partial charge on any atom is -0.462 e. The third-order valence-electron chi connectivity index (χ3n) is 13.8. The zero-order valence-corrected chi connectivity index (χ0v) is 28.4. The van der Waals surface area contributed by atoms with Crippen LogP contribution in [0.3, 0.4) is 0 Å². The highest BCUT2D eigenvalue weighted by Crippen LogP contribution is 2.68. The van der Waals surface area contributed by atoms with Crippen LogP contribution in [0.4, 0.5) is 0 Å². The van der Waals surface area contributed by atoms with E-state index < -0.39 is 35.1 Å². The fraction of sp³-hybridized carbons (Fsp3) is 0.917. The molecule has 0 amide bonds. The van der Waals surface area contributed by atoms with Gasteiger partial charge in [0.15, 0.2) is 0 Å². The van der Waals surface area contributed by atoms with Gasteiger partial charge in [0.05, 0.1) is 17.6 Å². The van der Waals surface area contributed by atoms with E-state index in [9.17, 15) is 24.6 Å². The number of ether oxygens (including phenoxy) is 3. The van der Waals surface area contributed by atoms with Crippen molar-refractivity contribution in [2.45, 2.75) is 144 Å². The fourth-order valence-corrected chi connectivity index (χ4v) is 10.3. The van der Waals surface area contributed by atoms with Gasteiger partial charge in [-0.15, -0.1) is 0 Å². The molecule has 0 aromatic rings. The van der Waals surface area contributed by atoms with Crippen LogP contribution in [-0.4, -0.2) is 59.1 Å². The van der Waals surface area contributed by atoms with Crippen molar-refractivity contribution in [2.24, 2.45) is 57.2 Å². The van der Waals surface area contributed by atoms with Crippen molar-refractivity contribution in [3.63, 3.8) is 0 Å². The zero-order chi connectivity index (χ0) is 32.4. The molecule has 44 heavy (non-hydrogen) atoms. The SMILES string of the molecule is CCC(C)(C)C(=O)O[C@H]1CC[C@@]2(C)C(CC(O)C3C2C[C@H](O)[C@]2(C)C(C(C)CCC(=O)OC4C(=O)OCC4(C)C)CCC32)C1. The van der Waals surface area contributed by atoms with Gasteiger partial charge in [-0.25, -0.2) is 4.79 Å². The predicted molar refractivity (Wildman–Crippen MR) is 165 cm³/mol. The van der Waals surface area contributed by atoms with Gasteiger partial charge in [0.1, 0.15) is 12.7 Å². The minimum absolute atomic E-state index is 0.00197. The molecule has 0 radical (unpaired) electrons. The number of hydrogen-bond donors (Lipinski definition) is 2. The Balaban J connectivity index is 1.24. The van der Waals surface area contributed by atoms with Crippen LogP contribution >= 0.6 is 0 Å². The summed E-state index contributed by atoms with van der Waals surface area (Å²) in [5.41, 5.74) is -1.35. The van der Waals surface area contributed by atoms with Crippen LogP contribution in [0.1, 0.15) is 120 Å². The standard InChI is InChI=1S/C36H58O8/c1-9-33(3,4)32(41)43-22-14-15-35(7)21(16-22)17-26(37)29-24-12-11-23(36(24,8)27(38)18-25(29)35)20(2)10-13-28(39)44-30-31(40)42-19-34(30,5)6/h20-27,29-30,37-38H,9-19H2,1-8H3/t20?,21?,22-,23?,24?,25?,26?,27-,29?,30?,35-,36+/m0/s1. The maximum Gasteiger partial charge on any atom is 0.348 e. The molecule has 4 aliphatic carbocycles. The topological polar surface area (TPSA) is 119 Å². The lowest BCUT2D eigenvalue weighted by Gasteiger charge is -2.63. The van der Waals surface area contributed by atoms with Crippen molar-refractivity contribution in [1.29, 1.82) is 0 Å². The molecule has 2 N–H and O–H groups in total. The first-order valence-electron chi connectivity index (χ1n) is 17.4. The summed E-state index contributed by atoms with van der Waals surface area (Å²) in [6, 6.07) is 0. The highest BCUT2D eigenvalue weighted by molar-refractivity contribution is 5.81. The van der Waals surface area contributed by atoms with Crippen molar-refractivity contribution in [3.05, 3.63) is 0 Å². The predicted octanol–water partition coefficient (Wildman–Crippen LogP) is 5.85. The molecule has 12 atom stereocenters. The molecule has 1 aliphatic heterocycles. The molecule has 8 unspecified atom stereocenters. The normalized spacial score (nSPS) is 43.7. The second kappa shape index (κ2) is 11.8. The van der Waals surface area contributed by atoms with E-state index in [4.69, 9.17) is 14.2 Å². The number of esters is 3. The largest absolute Gasteiger partial charge is 0.462 e. The van der Waals surface area contributed by atoms with Gasteiger partial charge in [0.25, 0.3) is 0 Å². The lowest BCUT2D eigenvalue weighted by Crippen LogP contribution is -2.62. The van der Waals surface area contributed by atoms with Crippen LogP contribution in [0.2, 0.25) is 0 Å². The Morgan fingerprint density at radius 1 is 1.02 bits per heavy atom. The summed E-state index contributed by atoms with van der Waals surface area (Å²) < 4.78 is 16.7. The van der Waals surface area contributed by atoms with E-state index in [2.05, 4.69) is 20.8 Å². The van der Waals surface area contributed by atoms with E-state index in [0.29, 0.717) is 12.8 Å². The number of hydrogen-bond acceptors (Lipinski definition) is 8. The average molecular weight is 619 g/mol. The first kappa shape index (κ1) is 33.7. The number of carbonyl (C=O) groups excluding carboxylic acids is 3. The number of fused-ring (bicyclic) bond motifs is 5. The smallest absolute Gasteiger partial charge is 0.348 e. The second-order valence-corrected chi connectivity index (χ2v) is 17.1. The molecule has 0 aromatic carbocycles. The monoisotopic (exact) mass is 618 g/mol. The summed E-state index contributed by atoms with van der Waals surface area (Å²) in [5, 5.41) is 23.7. The quantitative estimate of drug-likeness (QED) is 0.257. The number of aliphatic hydroxyl groups is 2. The minimum atomic E-state index is -0.862. The van der Waals surface area contributed by atoms with E-state index in [1.54, 1.807) is 0 Å². The Labute approximate surface area is 264 Å². The van der Waals surface area contributed by atoms with E-state index in [1.807, 2.05) is 34.6 Å². The van der Waals surface area contributed by atoms with Crippen LogP contribution in [0.25, 0.3) is 0 Å². The first-order valence-corrected chi connectivity index (χ1v) is 17.4. The van der Waals surface area contributed by atoms with Crippen LogP contribution in [-0.2, 0) is 28.6 Å². The molecule has 5 fully saturated rings. The van der Waals surface area contributed by atoms with Gasteiger partial charge in [-0.3, -0.25) is 9.59 Å². The molecule has 1 heterocycles. The van der Waals surface area contributed by atoms with Crippen molar-refractivity contribution in [3.8, 4) is 0 Å². The maximum absolute atomic E-state index is 12.8. The molecule has 5 rings (SSSR count). The molecule has 4 saturated carbocycles. The molecule has 0 aromatic heterocycles. The number of cyclic esters (lactones) is 1. The van der Waals surface area contributed by atoms with Crippen LogP contribution in [0.15, 0.2) is 0 Å². The number of aliphatic hydroxyl groups excluding tert-OH is 2. The van der Waals surface area contributed by atoms with Gasteiger partial charge < -0.3 is 24.4 Å². The van der Waals surface area contributed by atoms with Gasteiger partial charge >= 0.3 is 17.9 Å². The van der Waals surface area contributed by atoms with E-state index in [0.717, 1.165) is 44.9 Å². The number of rotatable bonds is 8. The lowest BCUT2D eigenvalue weighted by atomic mass is 9.43. The van der Waals surface area contributed by atoms with Crippen LogP contribution in [0, 0.1) is 57.2 Å². The molecule has 5 aliphatic rings. The summed E-state index contributed by atoms with van der Waals surface area (Å²) in [6.45, 7) is 16.6. The molecule has 1 saturated heterocycles. The van der Waals surface area contributed by atoms with Crippen LogP contribution < -0.4 is 0 Å². The van der Waals surface area contributed by atoms with Gasteiger partial charge in [-0.2, -0.15) is 0 Å². The van der Waals surface area contributed by atoms with Crippen molar-refractivity contribution in [2.75, 3.05) is 6.61 Å². The molecule has 0 bridgehead atoms. The highest BCUT2D eigenvalue weighted by Gasteiger charge is 2.66. The summed E-state index contributed by atoms with van der Waals surface area (Å²) in [6.07, 6.45) is 5.61. The van der Waals surface area contributed by atoms with Crippen molar-refractivity contribution >= 4 is 17.9 Å². The van der Waals surface area contributed by atoms with Gasteiger partial charge in [-0.05, 0) is 118 Å². The fourth-order valence-electron chi connectivity index (χ4n) is 10.3. The molecule has 250 valence electrons. The molecule has 0 spiro atoms. The third-order valence-corrected chi connectivity index (χ3v) is 13.8. The Morgan fingerprint density at radius 3 is 2.36 bits per heavy atom. The first-order chi connectivity index (χ1) is 20.5. The molecular weight excluding hydrogens is 560 g/mol. The summed E-state index contributed by atoms with van der Waals surface area (Å²) in [7, 11) is 0. The van der Waals surface area contributed by atoms with Crippen molar-refractivity contribution in [1.82, 2.24) is 0 Å². The Bertz CT molecular complexity index is 1120. The summed E-state index contributed by atoms with van der Waals surface area (Å²) in [5.74, 6) is 0.295. The third kappa shape index (κ3) is 5.62. The number of carbonyl (C=O) groups is 3. The molecular formula is C36H58O8. The molecule has 8 nitrogen and oxygen atoms in total. The van der Waals surface area contributed by atoms with E-state index in [-0.39, 0.29) is 77.4 Å². The summed E-state index contributed by atoms with van der Waals surface area (Å²) >= 11 is 0. The zero-order valence-electron chi connectivity index (χ0n) is 28.4. The van der Waals surface area contributed by atoms with Crippen molar-refractivity contribution < 1.29 is 38.8 Å². The Hall–Kier alpha value is -1.67. The highest BCUT2D eigenvalue weighted by atomic mass is 16.6. The summed E-state index contributed by atoms with van der Waals surface area (Å²) in [4.78, 5) is 37.7. The average Bonchev–Trinajstić information content (AvgIpc) is 3.44. The lowest BCUT2D eigenvalue weighted by molar-refractivity contribution is -0.210. The van der Waals surface area contributed by atoms with E-state index >= 15 is 0 Å². The van der Waals surface area contributed by atoms with Gasteiger partial charge in [0, 0.05) is 11.8 Å². The Morgan fingerprint density at radius 2 is 1.73 bits per heavy atom. The van der Waals surface area contributed by atoms with Crippen LogP contribution in [0.5, 0.6) is 0 Å².